The molecule has 0 aromatic rings. The van der Waals surface area contributed by atoms with Gasteiger partial charge >= 0.3 is 11.9 Å². The molecule has 0 bridgehead atoms. The first-order valence-electron chi connectivity index (χ1n) is 19.3. The van der Waals surface area contributed by atoms with Gasteiger partial charge < -0.3 is 19.7 Å². The summed E-state index contributed by atoms with van der Waals surface area (Å²) < 4.78 is 10.3. The van der Waals surface area contributed by atoms with Crippen molar-refractivity contribution in [3.63, 3.8) is 0 Å². The van der Waals surface area contributed by atoms with Crippen molar-refractivity contribution in [3.8, 4) is 0 Å². The minimum Gasteiger partial charge on any atom is -0.463 e. The van der Waals surface area contributed by atoms with E-state index in [1.165, 1.54) is 77.0 Å². The fourth-order valence-electron chi connectivity index (χ4n) is 5.16. The molecule has 0 saturated carbocycles. The van der Waals surface area contributed by atoms with E-state index in [0.717, 1.165) is 64.2 Å². The normalized spacial score (nSPS) is 13.4. The van der Waals surface area contributed by atoms with Gasteiger partial charge in [0.25, 0.3) is 0 Å². The number of allylic oxidation sites excluding steroid dienone is 7. The van der Waals surface area contributed by atoms with Crippen LogP contribution in [-0.4, -0.2) is 47.6 Å². The number of ether oxygens (including phenoxy) is 2. The molecule has 0 spiro atoms. The summed E-state index contributed by atoms with van der Waals surface area (Å²) >= 11 is 0. The zero-order valence-electron chi connectivity index (χ0n) is 30.4. The lowest BCUT2D eigenvalue weighted by molar-refractivity contribution is -0.152. The van der Waals surface area contributed by atoms with E-state index in [0.29, 0.717) is 19.3 Å². The third-order valence-electron chi connectivity index (χ3n) is 8.14. The maximum Gasteiger partial charge on any atom is 0.305 e. The lowest BCUT2D eigenvalue weighted by Gasteiger charge is -2.12. The number of esters is 2. The van der Waals surface area contributed by atoms with Gasteiger partial charge in [0.2, 0.25) is 0 Å². The molecule has 47 heavy (non-hydrogen) atoms. The van der Waals surface area contributed by atoms with Crippen LogP contribution in [0, 0.1) is 0 Å². The summed E-state index contributed by atoms with van der Waals surface area (Å²) in [5, 5.41) is 19.8. The molecule has 0 unspecified atom stereocenters. The zero-order chi connectivity index (χ0) is 34.5. The summed E-state index contributed by atoms with van der Waals surface area (Å²) in [6.45, 7) is 4.09. The van der Waals surface area contributed by atoms with Gasteiger partial charge in [-0.3, -0.25) is 9.59 Å². The molecule has 2 N–H and O–H groups in total. The van der Waals surface area contributed by atoms with Gasteiger partial charge in [-0.1, -0.05) is 165 Å². The van der Waals surface area contributed by atoms with Gasteiger partial charge in [0.05, 0.1) is 6.10 Å². The smallest absolute Gasteiger partial charge is 0.305 e. The minimum absolute atomic E-state index is 0.142. The van der Waals surface area contributed by atoms with Crippen LogP contribution in [0.25, 0.3) is 0 Å². The number of carbonyl (C=O) groups excluding carboxylic acids is 2. The van der Waals surface area contributed by atoms with Gasteiger partial charge in [-0.25, -0.2) is 0 Å². The van der Waals surface area contributed by atoms with Crippen molar-refractivity contribution in [2.75, 3.05) is 13.2 Å². The Labute approximate surface area is 289 Å². The van der Waals surface area contributed by atoms with Gasteiger partial charge in [-0.05, 0) is 44.9 Å². The van der Waals surface area contributed by atoms with E-state index in [1.54, 1.807) is 0 Å². The second-order valence-corrected chi connectivity index (χ2v) is 12.9. The van der Waals surface area contributed by atoms with Crippen molar-refractivity contribution in [3.05, 3.63) is 48.6 Å². The molecule has 0 aliphatic rings. The van der Waals surface area contributed by atoms with Crippen LogP contribution in [0.2, 0.25) is 0 Å². The predicted molar refractivity (Wildman–Crippen MR) is 197 cm³/mol. The first-order chi connectivity index (χ1) is 23.0. The van der Waals surface area contributed by atoms with E-state index in [9.17, 15) is 19.8 Å². The topological polar surface area (TPSA) is 93.1 Å². The molecular weight excluding hydrogens is 588 g/mol. The first kappa shape index (κ1) is 44.8. The van der Waals surface area contributed by atoms with Crippen molar-refractivity contribution in [2.24, 2.45) is 0 Å². The number of hydrogen-bond donors (Lipinski definition) is 2. The van der Waals surface area contributed by atoms with Gasteiger partial charge in [0.15, 0.2) is 0 Å². The Kier molecular flexibility index (Phi) is 35.0. The molecule has 0 saturated heterocycles. The molecule has 2 atom stereocenters. The molecule has 0 aliphatic carbocycles. The highest BCUT2D eigenvalue weighted by Crippen LogP contribution is 2.14. The number of unbranched alkanes of at least 4 members (excludes halogenated alkanes) is 16. The molecule has 6 heteroatoms. The van der Waals surface area contributed by atoms with Crippen LogP contribution in [-0.2, 0) is 19.1 Å². The quantitative estimate of drug-likeness (QED) is 0.0405. The molecule has 0 aliphatic heterocycles. The Hall–Kier alpha value is -2.18. The fraction of sp³-hybridized carbons (Fsp3) is 0.756. The SMILES string of the molecule is CCCCCCCCCCCCCCCCCC(=O)OC[C@H](O)COC(=O)CCC/C=C\C/C=C\C/C=C\C/C=C\[C@@H](O)CCCC. The summed E-state index contributed by atoms with van der Waals surface area (Å²) in [6.07, 6.45) is 42.2. The first-order valence-corrected chi connectivity index (χ1v) is 19.3. The maximum absolute atomic E-state index is 11.9. The third kappa shape index (κ3) is 36.5. The van der Waals surface area contributed by atoms with E-state index in [1.807, 2.05) is 12.2 Å². The molecule has 0 heterocycles. The third-order valence-corrected chi connectivity index (χ3v) is 8.14. The number of rotatable bonds is 34. The van der Waals surface area contributed by atoms with Crippen LogP contribution in [0.3, 0.4) is 0 Å². The van der Waals surface area contributed by atoms with E-state index in [-0.39, 0.29) is 31.3 Å². The predicted octanol–water partition coefficient (Wildman–Crippen LogP) is 10.8. The van der Waals surface area contributed by atoms with E-state index >= 15 is 0 Å². The Morgan fingerprint density at radius 2 is 0.915 bits per heavy atom. The molecule has 0 amide bonds. The number of aliphatic hydroxyl groups excluding tert-OH is 2. The summed E-state index contributed by atoms with van der Waals surface area (Å²) in [5.74, 6) is -0.649. The van der Waals surface area contributed by atoms with Crippen LogP contribution in [0.4, 0.5) is 0 Å². The lowest BCUT2D eigenvalue weighted by atomic mass is 10.0. The van der Waals surface area contributed by atoms with Crippen LogP contribution in [0.1, 0.15) is 174 Å². The second kappa shape index (κ2) is 36.7. The van der Waals surface area contributed by atoms with E-state index in [2.05, 4.69) is 50.3 Å². The molecule has 0 aromatic heterocycles. The highest BCUT2D eigenvalue weighted by atomic mass is 16.6. The largest absolute Gasteiger partial charge is 0.463 e. The van der Waals surface area contributed by atoms with Crippen LogP contribution in [0.15, 0.2) is 48.6 Å². The highest BCUT2D eigenvalue weighted by Gasteiger charge is 2.12. The second-order valence-electron chi connectivity index (χ2n) is 12.9. The average molecular weight is 661 g/mol. The van der Waals surface area contributed by atoms with Crippen molar-refractivity contribution < 1.29 is 29.3 Å². The van der Waals surface area contributed by atoms with E-state index < -0.39 is 6.10 Å². The summed E-state index contributed by atoms with van der Waals surface area (Å²) in [7, 11) is 0. The molecule has 0 fully saturated rings. The molecule has 0 radical (unpaired) electrons. The standard InChI is InChI=1S/C41H72O6/c1-3-5-7-8-9-10-11-12-13-14-18-21-24-27-30-34-40(44)46-36-39(43)37-47-41(45)35-31-28-25-22-19-16-15-17-20-23-26-29-33-38(42)32-6-4-2/h15-16,20,22-23,25,29,33,38-39,42-43H,3-14,17-19,21,24,26-28,30-32,34-37H2,1-2H3/b16-15-,23-20-,25-22-,33-29-/t38-,39-/m0/s1. The molecule has 272 valence electrons. The Bertz CT molecular complexity index is 815. The number of carbonyl (C=O) groups is 2. The van der Waals surface area contributed by atoms with Gasteiger partial charge in [0, 0.05) is 12.8 Å². The van der Waals surface area contributed by atoms with Crippen molar-refractivity contribution in [1.29, 1.82) is 0 Å². The summed E-state index contributed by atoms with van der Waals surface area (Å²) in [6, 6.07) is 0. The van der Waals surface area contributed by atoms with Crippen LogP contribution < -0.4 is 0 Å². The maximum atomic E-state index is 11.9. The molecule has 0 aromatic carbocycles. The fourth-order valence-corrected chi connectivity index (χ4v) is 5.16. The van der Waals surface area contributed by atoms with Gasteiger partial charge in [-0.2, -0.15) is 0 Å². The zero-order valence-corrected chi connectivity index (χ0v) is 30.4. The van der Waals surface area contributed by atoms with Gasteiger partial charge in [-0.15, -0.1) is 0 Å². The molecular formula is C41H72O6. The highest BCUT2D eigenvalue weighted by molar-refractivity contribution is 5.69. The number of hydrogen-bond acceptors (Lipinski definition) is 6. The van der Waals surface area contributed by atoms with Crippen molar-refractivity contribution >= 4 is 11.9 Å². The summed E-state index contributed by atoms with van der Waals surface area (Å²) in [4.78, 5) is 23.9. The Morgan fingerprint density at radius 3 is 1.40 bits per heavy atom. The molecule has 6 nitrogen and oxygen atoms in total. The Morgan fingerprint density at radius 1 is 0.511 bits per heavy atom. The monoisotopic (exact) mass is 661 g/mol. The van der Waals surface area contributed by atoms with Crippen LogP contribution >= 0.6 is 0 Å². The van der Waals surface area contributed by atoms with Crippen molar-refractivity contribution in [1.82, 2.24) is 0 Å². The van der Waals surface area contributed by atoms with Crippen molar-refractivity contribution in [2.45, 2.75) is 187 Å². The minimum atomic E-state index is -0.995. The molecule has 0 rings (SSSR count). The van der Waals surface area contributed by atoms with Crippen LogP contribution in [0.5, 0.6) is 0 Å². The summed E-state index contributed by atoms with van der Waals surface area (Å²) in [5.41, 5.74) is 0. The average Bonchev–Trinajstić information content (AvgIpc) is 3.07. The Balaban J connectivity index is 3.57. The lowest BCUT2D eigenvalue weighted by Crippen LogP contribution is -2.25. The van der Waals surface area contributed by atoms with Gasteiger partial charge in [0.1, 0.15) is 19.3 Å². The van der Waals surface area contributed by atoms with E-state index in [4.69, 9.17) is 9.47 Å². The number of aliphatic hydroxyl groups is 2.